The molecule has 0 aliphatic carbocycles. The second-order valence-corrected chi connectivity index (χ2v) is 8.55. The summed E-state index contributed by atoms with van der Waals surface area (Å²) in [7, 11) is 1.95. The number of aryl methyl sites for hydroxylation is 5. The SMILES string of the molecule is Cc1cc(N2CCc3c(c(C)nn3CCCCCn3ccnc3)C2)c2cnn(C)c2n1. The molecule has 0 bridgehead atoms. The maximum absolute atomic E-state index is 4.90. The minimum absolute atomic E-state index is 0.898. The highest BCUT2D eigenvalue weighted by atomic mass is 15.3. The van der Waals surface area contributed by atoms with Crippen molar-refractivity contribution in [2.75, 3.05) is 11.4 Å². The maximum atomic E-state index is 4.90. The van der Waals surface area contributed by atoms with Gasteiger partial charge >= 0.3 is 0 Å². The van der Waals surface area contributed by atoms with Crippen LogP contribution >= 0.6 is 0 Å². The van der Waals surface area contributed by atoms with E-state index in [0.29, 0.717) is 0 Å². The first-order valence-corrected chi connectivity index (χ1v) is 11.2. The largest absolute Gasteiger partial charge is 0.366 e. The van der Waals surface area contributed by atoms with Crippen molar-refractivity contribution in [3.05, 3.63) is 53.6 Å². The third-order valence-electron chi connectivity index (χ3n) is 6.33. The van der Waals surface area contributed by atoms with Gasteiger partial charge in [-0.25, -0.2) is 9.97 Å². The Kier molecular flexibility index (Phi) is 5.21. The predicted molar refractivity (Wildman–Crippen MR) is 121 cm³/mol. The van der Waals surface area contributed by atoms with Crippen molar-refractivity contribution in [2.24, 2.45) is 7.05 Å². The Morgan fingerprint density at radius 3 is 2.81 bits per heavy atom. The first-order valence-electron chi connectivity index (χ1n) is 11.2. The van der Waals surface area contributed by atoms with Gasteiger partial charge in [-0.15, -0.1) is 0 Å². The zero-order valence-corrected chi connectivity index (χ0v) is 18.6. The molecule has 1 aliphatic heterocycles. The molecule has 0 N–H and O–H groups in total. The highest BCUT2D eigenvalue weighted by Gasteiger charge is 2.25. The van der Waals surface area contributed by atoms with E-state index in [0.717, 1.165) is 61.4 Å². The molecule has 0 unspecified atom stereocenters. The Balaban J connectivity index is 1.27. The molecular formula is C23H30N8. The number of rotatable bonds is 7. The number of anilines is 1. The zero-order valence-electron chi connectivity index (χ0n) is 18.6. The molecule has 0 saturated carbocycles. The quantitative estimate of drug-likeness (QED) is 0.430. The van der Waals surface area contributed by atoms with Crippen LogP contribution in [0.3, 0.4) is 0 Å². The first kappa shape index (κ1) is 19.8. The topological polar surface area (TPSA) is 69.6 Å². The summed E-state index contributed by atoms with van der Waals surface area (Å²) in [6, 6.07) is 2.19. The smallest absolute Gasteiger partial charge is 0.159 e. The fraction of sp³-hybridized carbons (Fsp3) is 0.478. The maximum Gasteiger partial charge on any atom is 0.159 e. The van der Waals surface area contributed by atoms with Crippen molar-refractivity contribution in [2.45, 2.75) is 59.2 Å². The fourth-order valence-electron chi connectivity index (χ4n) is 4.69. The molecule has 8 nitrogen and oxygen atoms in total. The van der Waals surface area contributed by atoms with Crippen molar-refractivity contribution < 1.29 is 0 Å². The molecule has 0 aromatic carbocycles. The highest BCUT2D eigenvalue weighted by molar-refractivity contribution is 5.89. The number of aromatic nitrogens is 7. The van der Waals surface area contributed by atoms with E-state index in [1.54, 1.807) is 0 Å². The summed E-state index contributed by atoms with van der Waals surface area (Å²) >= 11 is 0. The van der Waals surface area contributed by atoms with Crippen LogP contribution in [0.25, 0.3) is 11.0 Å². The van der Waals surface area contributed by atoms with Crippen LogP contribution in [0.2, 0.25) is 0 Å². The lowest BCUT2D eigenvalue weighted by Crippen LogP contribution is -2.31. The van der Waals surface area contributed by atoms with Gasteiger partial charge in [-0.2, -0.15) is 10.2 Å². The van der Waals surface area contributed by atoms with Gasteiger partial charge in [-0.3, -0.25) is 9.36 Å². The number of imidazole rings is 1. The zero-order chi connectivity index (χ0) is 21.4. The molecule has 0 amide bonds. The number of nitrogens with zero attached hydrogens (tertiary/aromatic N) is 8. The number of pyridine rings is 1. The molecular weight excluding hydrogens is 388 g/mol. The van der Waals surface area contributed by atoms with E-state index in [4.69, 9.17) is 5.10 Å². The second-order valence-electron chi connectivity index (χ2n) is 8.55. The first-order chi connectivity index (χ1) is 15.1. The van der Waals surface area contributed by atoms with Crippen molar-refractivity contribution in [3.8, 4) is 0 Å². The lowest BCUT2D eigenvalue weighted by molar-refractivity contribution is 0.501. The van der Waals surface area contributed by atoms with E-state index in [9.17, 15) is 0 Å². The standard InChI is InChI=1S/C23H30N8/c1-17-13-22(19-14-25-28(3)23(19)26-17)30-11-7-21-20(15-30)18(2)27-31(21)10-6-4-5-9-29-12-8-24-16-29/h8,12-14,16H,4-7,9-11,15H2,1-3H3. The molecule has 0 fully saturated rings. The number of unbranched alkanes of at least 4 members (excludes halogenated alkanes) is 2. The van der Waals surface area contributed by atoms with Crippen molar-refractivity contribution in [3.63, 3.8) is 0 Å². The lowest BCUT2D eigenvalue weighted by Gasteiger charge is -2.30. The predicted octanol–water partition coefficient (Wildman–Crippen LogP) is 3.41. The Morgan fingerprint density at radius 2 is 1.97 bits per heavy atom. The minimum atomic E-state index is 0.898. The molecule has 0 atom stereocenters. The van der Waals surface area contributed by atoms with Crippen LogP contribution in [0, 0.1) is 13.8 Å². The van der Waals surface area contributed by atoms with Crippen molar-refractivity contribution in [1.29, 1.82) is 0 Å². The van der Waals surface area contributed by atoms with Gasteiger partial charge in [0.05, 0.1) is 29.3 Å². The van der Waals surface area contributed by atoms with Gasteiger partial charge in [0.15, 0.2) is 5.65 Å². The highest BCUT2D eigenvalue weighted by Crippen LogP contribution is 2.32. The van der Waals surface area contributed by atoms with Crippen LogP contribution in [0.4, 0.5) is 5.69 Å². The Bertz CT molecular complexity index is 1180. The van der Waals surface area contributed by atoms with Gasteiger partial charge in [-0.1, -0.05) is 0 Å². The van der Waals surface area contributed by atoms with E-state index >= 15 is 0 Å². The van der Waals surface area contributed by atoms with E-state index < -0.39 is 0 Å². The van der Waals surface area contributed by atoms with E-state index in [-0.39, 0.29) is 0 Å². The Labute approximate surface area is 182 Å². The molecule has 5 rings (SSSR count). The van der Waals surface area contributed by atoms with Crippen LogP contribution in [-0.4, -0.2) is 40.6 Å². The summed E-state index contributed by atoms with van der Waals surface area (Å²) in [4.78, 5) is 11.2. The molecule has 162 valence electrons. The average Bonchev–Trinajstić information content (AvgIpc) is 3.48. The lowest BCUT2D eigenvalue weighted by atomic mass is 10.0. The van der Waals surface area contributed by atoms with E-state index in [1.807, 2.05) is 36.6 Å². The van der Waals surface area contributed by atoms with E-state index in [1.165, 1.54) is 29.8 Å². The van der Waals surface area contributed by atoms with Gasteiger partial charge in [0.1, 0.15) is 0 Å². The van der Waals surface area contributed by atoms with Gasteiger partial charge in [0, 0.05) is 69.0 Å². The Morgan fingerprint density at radius 1 is 1.10 bits per heavy atom. The van der Waals surface area contributed by atoms with Crippen LogP contribution in [0.15, 0.2) is 31.0 Å². The molecule has 8 heteroatoms. The average molecular weight is 419 g/mol. The summed E-state index contributed by atoms with van der Waals surface area (Å²) in [5.41, 5.74) is 7.16. The van der Waals surface area contributed by atoms with Gasteiger partial charge in [-0.05, 0) is 39.2 Å². The Hall–Kier alpha value is -3.16. The van der Waals surface area contributed by atoms with Crippen LogP contribution in [0.1, 0.15) is 41.9 Å². The van der Waals surface area contributed by atoms with Crippen molar-refractivity contribution in [1.82, 2.24) is 34.1 Å². The molecule has 5 heterocycles. The van der Waals surface area contributed by atoms with Crippen molar-refractivity contribution >= 4 is 16.7 Å². The number of fused-ring (bicyclic) bond motifs is 2. The molecule has 31 heavy (non-hydrogen) atoms. The third kappa shape index (κ3) is 3.82. The summed E-state index contributed by atoms with van der Waals surface area (Å²) in [5.74, 6) is 0. The van der Waals surface area contributed by atoms with Gasteiger partial charge in [0.2, 0.25) is 0 Å². The monoisotopic (exact) mass is 418 g/mol. The molecule has 0 radical (unpaired) electrons. The van der Waals surface area contributed by atoms with Crippen LogP contribution < -0.4 is 4.90 Å². The summed E-state index contributed by atoms with van der Waals surface area (Å²) in [6.07, 6.45) is 12.3. The van der Waals surface area contributed by atoms with E-state index in [2.05, 4.69) is 49.1 Å². The molecule has 0 saturated heterocycles. The number of hydrogen-bond acceptors (Lipinski definition) is 5. The molecule has 4 aromatic heterocycles. The van der Waals surface area contributed by atoms with Gasteiger partial charge in [0.25, 0.3) is 0 Å². The molecule has 0 spiro atoms. The van der Waals surface area contributed by atoms with Crippen LogP contribution in [0.5, 0.6) is 0 Å². The van der Waals surface area contributed by atoms with Gasteiger partial charge < -0.3 is 9.47 Å². The summed E-state index contributed by atoms with van der Waals surface area (Å²) < 4.78 is 6.27. The van der Waals surface area contributed by atoms with Crippen LogP contribution in [-0.2, 0) is 33.1 Å². The summed E-state index contributed by atoms with van der Waals surface area (Å²) in [6.45, 7) is 8.14. The molecule has 4 aromatic rings. The number of hydrogen-bond donors (Lipinski definition) is 0. The summed E-state index contributed by atoms with van der Waals surface area (Å²) in [5, 5.41) is 10.5. The molecule has 1 aliphatic rings. The normalized spacial score (nSPS) is 13.8. The third-order valence-corrected chi connectivity index (χ3v) is 6.33. The second kappa shape index (κ2) is 8.17. The fourth-order valence-corrected chi connectivity index (χ4v) is 4.69. The minimum Gasteiger partial charge on any atom is -0.366 e.